The van der Waals surface area contributed by atoms with Crippen LogP contribution in [-0.4, -0.2) is 30.1 Å². The van der Waals surface area contributed by atoms with E-state index < -0.39 is 23.8 Å². The van der Waals surface area contributed by atoms with E-state index in [9.17, 15) is 19.5 Å². The maximum Gasteiger partial charge on any atom is 0.341 e. The molecule has 1 aromatic heterocycles. The lowest BCUT2D eigenvalue weighted by Crippen LogP contribution is -2.47. The first-order valence-corrected chi connectivity index (χ1v) is 11.2. The number of esters is 1. The van der Waals surface area contributed by atoms with E-state index in [1.54, 1.807) is 0 Å². The van der Waals surface area contributed by atoms with Crippen LogP contribution >= 0.6 is 11.3 Å². The highest BCUT2D eigenvalue weighted by Crippen LogP contribution is 2.46. The van der Waals surface area contributed by atoms with Gasteiger partial charge in [0.25, 0.3) is 0 Å². The van der Waals surface area contributed by atoms with Crippen molar-refractivity contribution in [1.82, 2.24) is 0 Å². The number of hydrogen-bond donors (Lipinski definition) is 2. The molecular formula is C22H27NO5S. The number of methoxy groups -OCH3 is 1. The lowest BCUT2D eigenvalue weighted by molar-refractivity contribution is -0.151. The minimum absolute atomic E-state index is 0.0678. The van der Waals surface area contributed by atoms with Crippen LogP contribution in [0.5, 0.6) is 0 Å². The molecule has 5 atom stereocenters. The smallest absolute Gasteiger partial charge is 0.341 e. The maximum atomic E-state index is 13.2. The van der Waals surface area contributed by atoms with Crippen LogP contribution in [0.2, 0.25) is 0 Å². The molecule has 1 amide bonds. The van der Waals surface area contributed by atoms with Gasteiger partial charge in [0.1, 0.15) is 5.00 Å². The molecular weight excluding hydrogens is 390 g/mol. The van der Waals surface area contributed by atoms with Gasteiger partial charge in [0.05, 0.1) is 24.5 Å². The van der Waals surface area contributed by atoms with E-state index in [2.05, 4.69) is 12.2 Å². The number of carboxylic acid groups (broad SMARTS) is 1. The highest BCUT2D eigenvalue weighted by molar-refractivity contribution is 7.17. The van der Waals surface area contributed by atoms with Gasteiger partial charge in [0.15, 0.2) is 0 Å². The normalized spacial score (nSPS) is 29.9. The quantitative estimate of drug-likeness (QED) is 0.560. The first-order valence-electron chi connectivity index (χ1n) is 10.4. The minimum atomic E-state index is -0.923. The number of carbonyl (C=O) groups excluding carboxylic acids is 2. The summed E-state index contributed by atoms with van der Waals surface area (Å²) in [6.45, 7) is 2.17. The van der Waals surface area contributed by atoms with Crippen molar-refractivity contribution >= 4 is 34.2 Å². The third-order valence-electron chi connectivity index (χ3n) is 6.91. The van der Waals surface area contributed by atoms with Gasteiger partial charge in [0, 0.05) is 4.88 Å². The summed E-state index contributed by atoms with van der Waals surface area (Å²) < 4.78 is 5.00. The van der Waals surface area contributed by atoms with Gasteiger partial charge >= 0.3 is 11.9 Å². The van der Waals surface area contributed by atoms with Crippen LogP contribution in [0.1, 0.15) is 53.4 Å². The topological polar surface area (TPSA) is 92.7 Å². The number of fused-ring (bicyclic) bond motifs is 3. The number of ether oxygens (including phenoxy) is 1. The van der Waals surface area contributed by atoms with Crippen molar-refractivity contribution in [1.29, 1.82) is 0 Å². The molecule has 1 saturated carbocycles. The van der Waals surface area contributed by atoms with Crippen LogP contribution in [0.4, 0.5) is 5.00 Å². The third kappa shape index (κ3) is 3.50. The Hall–Kier alpha value is -2.15. The van der Waals surface area contributed by atoms with Gasteiger partial charge in [-0.25, -0.2) is 4.79 Å². The number of thiophene rings is 1. The number of rotatable bonds is 5. The Labute approximate surface area is 174 Å². The van der Waals surface area contributed by atoms with Crippen LogP contribution in [-0.2, 0) is 27.2 Å². The summed E-state index contributed by atoms with van der Waals surface area (Å²) >= 11 is 1.45. The summed E-state index contributed by atoms with van der Waals surface area (Å²) in [7, 11) is 1.35. The predicted molar refractivity (Wildman–Crippen MR) is 110 cm³/mol. The molecule has 2 N–H and O–H groups in total. The summed E-state index contributed by atoms with van der Waals surface area (Å²) in [5.74, 6) is -2.56. The molecule has 4 aliphatic rings. The Morgan fingerprint density at radius 3 is 2.45 bits per heavy atom. The van der Waals surface area contributed by atoms with Gasteiger partial charge < -0.3 is 15.2 Å². The summed E-state index contributed by atoms with van der Waals surface area (Å²) in [6.07, 6.45) is 9.40. The third-order valence-corrected chi connectivity index (χ3v) is 8.08. The molecule has 1 fully saturated rings. The standard InChI is InChI=1S/C22H27NO5S/c1-3-11-4-9-14-15(10-11)29-20(18(14)22(27)28-2)23-19(24)16-12-5-7-13(8-6-12)17(16)21(25)26/h5,7,11-13,16-17H,3-4,6,8-10H2,1-2H3,(H,23,24)(H,25,26)/t11-,12-,13+,16+,17+/m1/s1. The summed E-state index contributed by atoms with van der Waals surface area (Å²) in [6, 6.07) is 0. The zero-order valence-corrected chi connectivity index (χ0v) is 17.6. The second-order valence-electron chi connectivity index (χ2n) is 8.39. The Bertz CT molecular complexity index is 873. The highest BCUT2D eigenvalue weighted by Gasteiger charge is 2.48. The predicted octanol–water partition coefficient (Wildman–Crippen LogP) is 3.90. The average Bonchev–Trinajstić information content (AvgIpc) is 3.09. The molecule has 29 heavy (non-hydrogen) atoms. The number of hydrogen-bond acceptors (Lipinski definition) is 5. The monoisotopic (exact) mass is 417 g/mol. The van der Waals surface area contributed by atoms with Crippen molar-refractivity contribution < 1.29 is 24.2 Å². The van der Waals surface area contributed by atoms with Crippen molar-refractivity contribution in [3.05, 3.63) is 28.2 Å². The molecule has 0 aromatic carbocycles. The van der Waals surface area contributed by atoms with E-state index in [-0.39, 0.29) is 17.7 Å². The van der Waals surface area contributed by atoms with Gasteiger partial charge in [-0.1, -0.05) is 25.5 Å². The molecule has 0 saturated heterocycles. The van der Waals surface area contributed by atoms with Crippen molar-refractivity contribution in [3.63, 3.8) is 0 Å². The van der Waals surface area contributed by atoms with Crippen LogP contribution in [0, 0.1) is 29.6 Å². The number of carboxylic acids is 1. The molecule has 6 nitrogen and oxygen atoms in total. The second kappa shape index (κ2) is 7.94. The number of carbonyl (C=O) groups is 3. The number of amides is 1. The number of nitrogens with one attached hydrogen (secondary N) is 1. The lowest BCUT2D eigenvalue weighted by atomic mass is 9.62. The fraction of sp³-hybridized carbons (Fsp3) is 0.591. The molecule has 5 rings (SSSR count). The van der Waals surface area contributed by atoms with E-state index in [1.807, 2.05) is 12.2 Å². The average molecular weight is 418 g/mol. The Morgan fingerprint density at radius 2 is 1.86 bits per heavy atom. The summed E-state index contributed by atoms with van der Waals surface area (Å²) in [5, 5.41) is 13.2. The first-order chi connectivity index (χ1) is 13.9. The van der Waals surface area contributed by atoms with E-state index in [0.29, 0.717) is 16.5 Å². The maximum absolute atomic E-state index is 13.2. The van der Waals surface area contributed by atoms with Crippen LogP contribution < -0.4 is 5.32 Å². The molecule has 0 unspecified atom stereocenters. The molecule has 1 aromatic rings. The van der Waals surface area contributed by atoms with Crippen LogP contribution in [0.15, 0.2) is 12.2 Å². The fourth-order valence-electron chi connectivity index (χ4n) is 5.29. The number of allylic oxidation sites excluding steroid dienone is 2. The number of aliphatic carboxylic acids is 1. The SMILES string of the molecule is CC[C@@H]1CCc2c(sc(NC(=O)[C@@H]3[C@@H](C(=O)O)[C@H]4C=C[C@@H]3CC4)c2C(=O)OC)C1. The zero-order valence-electron chi connectivity index (χ0n) is 16.8. The molecule has 2 bridgehead atoms. The summed E-state index contributed by atoms with van der Waals surface area (Å²) in [5.41, 5.74) is 1.44. The summed E-state index contributed by atoms with van der Waals surface area (Å²) in [4.78, 5) is 38.7. The molecule has 1 heterocycles. The largest absolute Gasteiger partial charge is 0.481 e. The van der Waals surface area contributed by atoms with Crippen molar-refractivity contribution in [2.24, 2.45) is 29.6 Å². The Morgan fingerprint density at radius 1 is 1.17 bits per heavy atom. The van der Waals surface area contributed by atoms with E-state index in [0.717, 1.165) is 49.0 Å². The van der Waals surface area contributed by atoms with E-state index in [1.165, 1.54) is 18.4 Å². The zero-order chi connectivity index (χ0) is 20.7. The van der Waals surface area contributed by atoms with Crippen molar-refractivity contribution in [2.75, 3.05) is 12.4 Å². The fourth-order valence-corrected chi connectivity index (χ4v) is 6.65. The lowest BCUT2D eigenvalue weighted by Gasteiger charge is -2.41. The molecule has 0 radical (unpaired) electrons. The second-order valence-corrected chi connectivity index (χ2v) is 9.49. The number of anilines is 1. The molecule has 156 valence electrons. The van der Waals surface area contributed by atoms with Crippen LogP contribution in [0.25, 0.3) is 0 Å². The minimum Gasteiger partial charge on any atom is -0.481 e. The first kappa shape index (κ1) is 20.1. The molecule has 7 heteroatoms. The van der Waals surface area contributed by atoms with Crippen LogP contribution in [0.3, 0.4) is 0 Å². The van der Waals surface area contributed by atoms with E-state index >= 15 is 0 Å². The van der Waals surface area contributed by atoms with Gasteiger partial charge in [-0.05, 0) is 55.4 Å². The van der Waals surface area contributed by atoms with Gasteiger partial charge in [-0.15, -0.1) is 11.3 Å². The van der Waals surface area contributed by atoms with Crippen molar-refractivity contribution in [2.45, 2.75) is 45.4 Å². The van der Waals surface area contributed by atoms with Gasteiger partial charge in [-0.3, -0.25) is 9.59 Å². The van der Waals surface area contributed by atoms with Crippen molar-refractivity contribution in [3.8, 4) is 0 Å². The highest BCUT2D eigenvalue weighted by atomic mass is 32.1. The Kier molecular flexibility index (Phi) is 5.51. The molecule has 0 aliphatic heterocycles. The van der Waals surface area contributed by atoms with Gasteiger partial charge in [-0.2, -0.15) is 0 Å². The Balaban J connectivity index is 1.64. The van der Waals surface area contributed by atoms with E-state index in [4.69, 9.17) is 4.74 Å². The molecule has 4 aliphatic carbocycles. The molecule has 0 spiro atoms. The van der Waals surface area contributed by atoms with Gasteiger partial charge in [0.2, 0.25) is 5.91 Å².